The Labute approximate surface area is 146 Å². The highest BCUT2D eigenvalue weighted by atomic mass is 35.5. The Morgan fingerprint density at radius 2 is 1.56 bits per heavy atom. The number of nitrogens with zero attached hydrogens (tertiary/aromatic N) is 1. The third-order valence-electron chi connectivity index (χ3n) is 6.18. The third-order valence-corrected chi connectivity index (χ3v) is 6.51. The van der Waals surface area contributed by atoms with Crippen LogP contribution in [0.2, 0.25) is 5.02 Å². The second-order valence-corrected chi connectivity index (χ2v) is 7.74. The number of anilines is 1. The number of hydrogen-bond acceptors (Lipinski definition) is 2. The quantitative estimate of drug-likeness (QED) is 0.557. The van der Waals surface area contributed by atoms with Crippen LogP contribution in [0.1, 0.15) is 12.0 Å². The zero-order valence-electron chi connectivity index (χ0n) is 12.8. The first-order chi connectivity index (χ1) is 11.8. The van der Waals surface area contributed by atoms with E-state index in [9.17, 15) is 22.8 Å². The monoisotopic (exact) mass is 367 g/mol. The number of hydrogen-bond donors (Lipinski definition) is 0. The van der Waals surface area contributed by atoms with Crippen LogP contribution < -0.4 is 4.90 Å². The lowest BCUT2D eigenvalue weighted by Gasteiger charge is -2.37. The van der Waals surface area contributed by atoms with Crippen molar-refractivity contribution in [3.05, 3.63) is 40.9 Å². The zero-order valence-corrected chi connectivity index (χ0v) is 13.6. The first-order valence-corrected chi connectivity index (χ1v) is 8.59. The Kier molecular flexibility index (Phi) is 2.88. The molecule has 2 amide bonds. The van der Waals surface area contributed by atoms with Gasteiger partial charge in [-0.25, -0.2) is 0 Å². The standard InChI is InChI=1S/C18H13ClF3NO2/c19-13-4-1-7(5-12(13)18(20,21)22)23-16(24)14-8-2-3-9(11-6-10(8)11)15(14)17(23)25/h1-5,8-11,14-15H,6H2/t8-,9-,10-,11+,14+,15+/m0/s1. The van der Waals surface area contributed by atoms with Crippen molar-refractivity contribution in [1.82, 2.24) is 0 Å². The first kappa shape index (κ1) is 15.4. The van der Waals surface area contributed by atoms with Gasteiger partial charge in [0.15, 0.2) is 0 Å². The molecule has 4 aliphatic carbocycles. The number of benzene rings is 1. The first-order valence-electron chi connectivity index (χ1n) is 8.22. The van der Waals surface area contributed by atoms with Gasteiger partial charge in [0.2, 0.25) is 11.8 Å². The van der Waals surface area contributed by atoms with Crippen molar-refractivity contribution in [3.63, 3.8) is 0 Å². The maximum atomic E-state index is 13.1. The van der Waals surface area contributed by atoms with Crippen LogP contribution in [0.3, 0.4) is 0 Å². The largest absolute Gasteiger partial charge is 0.417 e. The lowest BCUT2D eigenvalue weighted by molar-refractivity contribution is -0.137. The van der Waals surface area contributed by atoms with Crippen LogP contribution in [0.25, 0.3) is 0 Å². The number of imide groups is 1. The molecule has 6 rings (SSSR count). The maximum Gasteiger partial charge on any atom is 0.417 e. The van der Waals surface area contributed by atoms with Crippen LogP contribution >= 0.6 is 11.6 Å². The molecule has 25 heavy (non-hydrogen) atoms. The molecule has 1 aliphatic heterocycles. The number of rotatable bonds is 1. The van der Waals surface area contributed by atoms with E-state index in [-0.39, 0.29) is 29.3 Å². The molecule has 7 heteroatoms. The Bertz CT molecular complexity index is 813. The summed E-state index contributed by atoms with van der Waals surface area (Å²) in [5.74, 6) is -0.655. The molecule has 2 bridgehead atoms. The molecular weight excluding hydrogens is 355 g/mol. The fourth-order valence-electron chi connectivity index (χ4n) is 5.08. The fourth-order valence-corrected chi connectivity index (χ4v) is 5.31. The van der Waals surface area contributed by atoms with Crippen LogP contribution in [0.4, 0.5) is 18.9 Å². The van der Waals surface area contributed by atoms with Gasteiger partial charge >= 0.3 is 6.18 Å². The van der Waals surface area contributed by atoms with Crippen molar-refractivity contribution >= 4 is 29.1 Å². The average Bonchev–Trinajstić information content (AvgIpc) is 3.32. The average molecular weight is 368 g/mol. The summed E-state index contributed by atoms with van der Waals surface area (Å²) in [6.45, 7) is 0. The van der Waals surface area contributed by atoms with Gasteiger partial charge in [0.1, 0.15) is 0 Å². The molecule has 1 saturated heterocycles. The Balaban J connectivity index is 1.57. The van der Waals surface area contributed by atoms with Gasteiger partial charge in [0.25, 0.3) is 0 Å². The van der Waals surface area contributed by atoms with Gasteiger partial charge in [-0.05, 0) is 48.3 Å². The molecule has 130 valence electrons. The molecule has 2 saturated carbocycles. The highest BCUT2D eigenvalue weighted by molar-refractivity contribution is 6.31. The molecule has 0 unspecified atom stereocenters. The summed E-state index contributed by atoms with van der Waals surface area (Å²) in [6, 6.07) is 3.19. The number of halogens is 4. The summed E-state index contributed by atoms with van der Waals surface area (Å²) in [4.78, 5) is 26.8. The minimum atomic E-state index is -4.64. The van der Waals surface area contributed by atoms with Gasteiger partial charge in [-0.2, -0.15) is 13.2 Å². The van der Waals surface area contributed by atoms with Gasteiger partial charge in [0, 0.05) is 0 Å². The molecule has 3 fully saturated rings. The van der Waals surface area contributed by atoms with Gasteiger partial charge in [0.05, 0.1) is 28.1 Å². The van der Waals surface area contributed by atoms with Gasteiger partial charge in [-0.3, -0.25) is 14.5 Å². The van der Waals surface area contributed by atoms with Crippen molar-refractivity contribution in [3.8, 4) is 0 Å². The number of carbonyl (C=O) groups excluding carboxylic acids is 2. The normalized spacial score (nSPS) is 38.2. The van der Waals surface area contributed by atoms with Crippen molar-refractivity contribution in [2.24, 2.45) is 35.5 Å². The van der Waals surface area contributed by atoms with E-state index in [1.54, 1.807) is 0 Å². The van der Waals surface area contributed by atoms with Gasteiger partial charge < -0.3 is 0 Å². The lowest BCUT2D eigenvalue weighted by atomic mass is 9.63. The predicted octanol–water partition coefficient (Wildman–Crippen LogP) is 3.92. The van der Waals surface area contributed by atoms with Crippen LogP contribution in [-0.4, -0.2) is 11.8 Å². The van der Waals surface area contributed by atoms with Crippen LogP contribution in [0.5, 0.6) is 0 Å². The molecular formula is C18H13ClF3NO2. The molecule has 0 spiro atoms. The van der Waals surface area contributed by atoms with E-state index in [0.29, 0.717) is 11.8 Å². The molecule has 0 radical (unpaired) electrons. The number of amides is 2. The van der Waals surface area contributed by atoms with Crippen molar-refractivity contribution in [2.45, 2.75) is 12.6 Å². The minimum Gasteiger partial charge on any atom is -0.274 e. The second kappa shape index (κ2) is 4.67. The van der Waals surface area contributed by atoms with Crippen molar-refractivity contribution < 1.29 is 22.8 Å². The SMILES string of the molecule is O=C1[C@@H]2[C@H]3C=C[C@@H]([C@@H]4C[C@H]34)[C@H]2C(=O)N1c1ccc(Cl)c(C(F)(F)F)c1. The summed E-state index contributed by atoms with van der Waals surface area (Å²) in [5.41, 5.74) is -1.08. The van der Waals surface area contributed by atoms with Crippen LogP contribution in [0, 0.1) is 35.5 Å². The van der Waals surface area contributed by atoms with Crippen LogP contribution in [-0.2, 0) is 15.8 Å². The summed E-state index contributed by atoms with van der Waals surface area (Å²) in [6.07, 6.45) is 0.443. The molecule has 6 atom stereocenters. The summed E-state index contributed by atoms with van der Waals surface area (Å²) >= 11 is 5.65. The molecule has 0 aromatic heterocycles. The van der Waals surface area contributed by atoms with E-state index in [2.05, 4.69) is 0 Å². The maximum absolute atomic E-state index is 13.1. The fraction of sp³-hybridized carbons (Fsp3) is 0.444. The Morgan fingerprint density at radius 3 is 2.08 bits per heavy atom. The van der Waals surface area contributed by atoms with Gasteiger partial charge in [-0.1, -0.05) is 23.8 Å². The van der Waals surface area contributed by atoms with E-state index >= 15 is 0 Å². The zero-order chi connectivity index (χ0) is 17.7. The molecule has 1 aromatic carbocycles. The third kappa shape index (κ3) is 1.94. The predicted molar refractivity (Wildman–Crippen MR) is 83.6 cm³/mol. The topological polar surface area (TPSA) is 37.4 Å². The second-order valence-electron chi connectivity index (χ2n) is 7.33. The summed E-state index contributed by atoms with van der Waals surface area (Å²) < 4.78 is 39.3. The Hall–Kier alpha value is -1.82. The van der Waals surface area contributed by atoms with Crippen LogP contribution in [0.15, 0.2) is 30.4 Å². The van der Waals surface area contributed by atoms with Crippen molar-refractivity contribution in [1.29, 1.82) is 0 Å². The van der Waals surface area contributed by atoms with Crippen molar-refractivity contribution in [2.75, 3.05) is 4.90 Å². The van der Waals surface area contributed by atoms with E-state index in [0.717, 1.165) is 23.5 Å². The Morgan fingerprint density at radius 1 is 1.00 bits per heavy atom. The molecule has 1 heterocycles. The summed E-state index contributed by atoms with van der Waals surface area (Å²) in [7, 11) is 0. The van der Waals surface area contributed by atoms with E-state index < -0.39 is 28.6 Å². The smallest absolute Gasteiger partial charge is 0.274 e. The number of allylic oxidation sites excluding steroid dienone is 2. The number of carbonyl (C=O) groups is 2. The molecule has 5 aliphatic rings. The van der Waals surface area contributed by atoms with E-state index in [4.69, 9.17) is 11.6 Å². The number of alkyl halides is 3. The summed E-state index contributed by atoms with van der Waals surface area (Å²) in [5, 5.41) is -0.448. The minimum absolute atomic E-state index is 0.0378. The lowest BCUT2D eigenvalue weighted by Crippen LogP contribution is -2.40. The molecule has 1 aromatic rings. The van der Waals surface area contributed by atoms with E-state index in [1.165, 1.54) is 6.07 Å². The van der Waals surface area contributed by atoms with Gasteiger partial charge in [-0.15, -0.1) is 0 Å². The molecule has 0 N–H and O–H groups in total. The molecule has 3 nitrogen and oxygen atoms in total. The highest BCUT2D eigenvalue weighted by Crippen LogP contribution is 2.65. The highest BCUT2D eigenvalue weighted by Gasteiger charge is 2.67. The van der Waals surface area contributed by atoms with E-state index in [1.807, 2.05) is 12.2 Å².